The van der Waals surface area contributed by atoms with Crippen molar-refractivity contribution in [1.82, 2.24) is 4.90 Å². The minimum atomic E-state index is -3.39. The number of anilines is 3. The molecule has 0 saturated heterocycles. The Balaban J connectivity index is 2.14. The second kappa shape index (κ2) is 7.09. The van der Waals surface area contributed by atoms with Gasteiger partial charge in [-0.05, 0) is 56.3 Å². The van der Waals surface area contributed by atoms with Gasteiger partial charge in [0.2, 0.25) is 15.9 Å². The normalized spacial score (nSPS) is 13.8. The van der Waals surface area contributed by atoms with Gasteiger partial charge in [0.25, 0.3) is 0 Å². The molecule has 1 aliphatic rings. The molecule has 0 atom stereocenters. The monoisotopic (exact) mass is 373 g/mol. The number of likely N-dealkylation sites (N-methyl/N-ethyl adjacent to an activating group) is 1. The van der Waals surface area contributed by atoms with Crippen LogP contribution in [0.1, 0.15) is 11.1 Å². The summed E-state index contributed by atoms with van der Waals surface area (Å²) < 4.78 is 25.7. The molecule has 0 bridgehead atoms. The molecule has 0 fully saturated rings. The van der Waals surface area contributed by atoms with E-state index in [1.54, 1.807) is 17.0 Å². The maximum Gasteiger partial charge on any atom is 0.245 e. The lowest BCUT2D eigenvalue weighted by Crippen LogP contribution is -2.35. The first-order valence-electron chi connectivity index (χ1n) is 8.41. The highest BCUT2D eigenvalue weighted by Gasteiger charge is 2.26. The molecule has 26 heavy (non-hydrogen) atoms. The van der Waals surface area contributed by atoms with Crippen molar-refractivity contribution in [2.24, 2.45) is 0 Å². The van der Waals surface area contributed by atoms with E-state index in [0.29, 0.717) is 5.69 Å². The standard InChI is InChI=1S/C19H23N3O3S/c1-21(2)13-19(23)22-17-7-5-4-6-14(17)8-9-15-10-11-16(12-18(15)22)20-26(3,24)25/h4-7,10-12,20H,8-9,13H2,1-3H3. The van der Waals surface area contributed by atoms with Crippen LogP contribution in [0.4, 0.5) is 17.1 Å². The van der Waals surface area contributed by atoms with Gasteiger partial charge in [-0.1, -0.05) is 24.3 Å². The van der Waals surface area contributed by atoms with Gasteiger partial charge < -0.3 is 4.90 Å². The minimum Gasteiger partial charge on any atom is -0.301 e. The molecular weight excluding hydrogens is 350 g/mol. The molecule has 138 valence electrons. The number of hydrogen-bond acceptors (Lipinski definition) is 4. The zero-order valence-electron chi connectivity index (χ0n) is 15.2. The van der Waals surface area contributed by atoms with E-state index in [1.165, 1.54) is 0 Å². The van der Waals surface area contributed by atoms with Gasteiger partial charge in [-0.15, -0.1) is 0 Å². The molecule has 0 spiro atoms. The number of rotatable bonds is 4. The Morgan fingerprint density at radius 1 is 1.08 bits per heavy atom. The molecule has 1 aliphatic heterocycles. The predicted molar refractivity (Wildman–Crippen MR) is 104 cm³/mol. The third kappa shape index (κ3) is 4.05. The van der Waals surface area contributed by atoms with Crippen LogP contribution in [-0.2, 0) is 27.7 Å². The van der Waals surface area contributed by atoms with Crippen molar-refractivity contribution in [1.29, 1.82) is 0 Å². The Morgan fingerprint density at radius 2 is 1.73 bits per heavy atom. The number of carbonyl (C=O) groups excluding carboxylic acids is 1. The lowest BCUT2D eigenvalue weighted by Gasteiger charge is -2.27. The molecule has 0 aliphatic carbocycles. The Morgan fingerprint density at radius 3 is 2.38 bits per heavy atom. The summed E-state index contributed by atoms with van der Waals surface area (Å²) in [4.78, 5) is 16.6. The molecule has 7 heteroatoms. The molecule has 1 N–H and O–H groups in total. The summed E-state index contributed by atoms with van der Waals surface area (Å²) in [5.74, 6) is -0.0536. The summed E-state index contributed by atoms with van der Waals surface area (Å²) in [5, 5.41) is 0. The van der Waals surface area contributed by atoms with Crippen LogP contribution in [0.15, 0.2) is 42.5 Å². The lowest BCUT2D eigenvalue weighted by atomic mass is 10.0. The summed E-state index contributed by atoms with van der Waals surface area (Å²) in [6, 6.07) is 13.2. The number of nitrogens with zero attached hydrogens (tertiary/aromatic N) is 2. The number of sulfonamides is 1. The van der Waals surface area contributed by atoms with Crippen LogP contribution in [0.25, 0.3) is 0 Å². The maximum absolute atomic E-state index is 13.0. The average molecular weight is 373 g/mol. The minimum absolute atomic E-state index is 0.0536. The maximum atomic E-state index is 13.0. The van der Waals surface area contributed by atoms with Crippen LogP contribution in [0.5, 0.6) is 0 Å². The Hall–Kier alpha value is -2.38. The van der Waals surface area contributed by atoms with Crippen LogP contribution >= 0.6 is 0 Å². The highest BCUT2D eigenvalue weighted by atomic mass is 32.2. The largest absolute Gasteiger partial charge is 0.301 e. The number of fused-ring (bicyclic) bond motifs is 2. The fourth-order valence-corrected chi connectivity index (χ4v) is 3.77. The van der Waals surface area contributed by atoms with Crippen LogP contribution in [0.3, 0.4) is 0 Å². The number of benzene rings is 2. The molecule has 0 aromatic heterocycles. The van der Waals surface area contributed by atoms with Gasteiger partial charge >= 0.3 is 0 Å². The highest BCUT2D eigenvalue weighted by molar-refractivity contribution is 7.92. The number of para-hydroxylation sites is 1. The molecular formula is C19H23N3O3S. The first-order chi connectivity index (χ1) is 12.2. The molecule has 6 nitrogen and oxygen atoms in total. The van der Waals surface area contributed by atoms with Crippen molar-refractivity contribution in [3.05, 3.63) is 53.6 Å². The molecule has 2 aromatic rings. The van der Waals surface area contributed by atoms with Crippen LogP contribution < -0.4 is 9.62 Å². The summed E-state index contributed by atoms with van der Waals surface area (Å²) in [7, 11) is 0.311. The number of nitrogens with one attached hydrogen (secondary N) is 1. The molecule has 0 radical (unpaired) electrons. The van der Waals surface area contributed by atoms with E-state index in [0.717, 1.165) is 41.6 Å². The summed E-state index contributed by atoms with van der Waals surface area (Å²) in [6.45, 7) is 0.261. The Kier molecular flexibility index (Phi) is 5.02. The zero-order chi connectivity index (χ0) is 18.9. The molecule has 1 amide bonds. The highest BCUT2D eigenvalue weighted by Crippen LogP contribution is 2.37. The van der Waals surface area contributed by atoms with E-state index in [4.69, 9.17) is 0 Å². The van der Waals surface area contributed by atoms with Crippen molar-refractivity contribution < 1.29 is 13.2 Å². The van der Waals surface area contributed by atoms with Crippen LogP contribution in [0.2, 0.25) is 0 Å². The van der Waals surface area contributed by atoms with Crippen molar-refractivity contribution in [2.45, 2.75) is 12.8 Å². The molecule has 1 heterocycles. The van der Waals surface area contributed by atoms with Gasteiger partial charge in [0.15, 0.2) is 0 Å². The van der Waals surface area contributed by atoms with E-state index in [9.17, 15) is 13.2 Å². The summed E-state index contributed by atoms with van der Waals surface area (Å²) >= 11 is 0. The molecule has 0 unspecified atom stereocenters. The van der Waals surface area contributed by atoms with Crippen molar-refractivity contribution in [2.75, 3.05) is 36.5 Å². The van der Waals surface area contributed by atoms with Gasteiger partial charge in [-0.25, -0.2) is 8.42 Å². The molecule has 2 aromatic carbocycles. The van der Waals surface area contributed by atoms with E-state index in [-0.39, 0.29) is 12.5 Å². The van der Waals surface area contributed by atoms with Gasteiger partial charge in [0.1, 0.15) is 0 Å². The summed E-state index contributed by atoms with van der Waals surface area (Å²) in [6.07, 6.45) is 2.73. The number of carbonyl (C=O) groups is 1. The van der Waals surface area contributed by atoms with E-state index >= 15 is 0 Å². The smallest absolute Gasteiger partial charge is 0.245 e. The third-order valence-electron chi connectivity index (χ3n) is 4.23. The van der Waals surface area contributed by atoms with E-state index < -0.39 is 10.0 Å². The Labute approximate surface area is 154 Å². The topological polar surface area (TPSA) is 69.7 Å². The SMILES string of the molecule is CN(C)CC(=O)N1c2ccccc2CCc2ccc(NS(C)(=O)=O)cc21. The quantitative estimate of drug-likeness (QED) is 0.893. The fourth-order valence-electron chi connectivity index (χ4n) is 3.21. The van der Waals surface area contributed by atoms with Gasteiger partial charge in [-0.3, -0.25) is 14.4 Å². The Bertz CT molecular complexity index is 939. The lowest BCUT2D eigenvalue weighted by molar-refractivity contribution is -0.118. The zero-order valence-corrected chi connectivity index (χ0v) is 16.0. The van der Waals surface area contributed by atoms with Crippen LogP contribution in [0, 0.1) is 0 Å². The predicted octanol–water partition coefficient (Wildman–Crippen LogP) is 2.38. The van der Waals surface area contributed by atoms with Crippen molar-refractivity contribution in [3.8, 4) is 0 Å². The number of aryl methyl sites for hydroxylation is 2. The fraction of sp³-hybridized carbons (Fsp3) is 0.316. The average Bonchev–Trinajstić information content (AvgIpc) is 2.69. The molecule has 0 saturated carbocycles. The second-order valence-electron chi connectivity index (χ2n) is 6.81. The van der Waals surface area contributed by atoms with E-state index in [1.807, 2.05) is 49.3 Å². The summed E-state index contributed by atoms with van der Waals surface area (Å²) in [5.41, 5.74) is 4.17. The van der Waals surface area contributed by atoms with Crippen LogP contribution in [-0.4, -0.2) is 46.1 Å². The molecule has 3 rings (SSSR count). The second-order valence-corrected chi connectivity index (χ2v) is 8.56. The first kappa shape index (κ1) is 18.4. The van der Waals surface area contributed by atoms with Gasteiger partial charge in [-0.2, -0.15) is 0 Å². The van der Waals surface area contributed by atoms with E-state index in [2.05, 4.69) is 4.72 Å². The van der Waals surface area contributed by atoms with Crippen molar-refractivity contribution in [3.63, 3.8) is 0 Å². The number of amides is 1. The van der Waals surface area contributed by atoms with Gasteiger partial charge in [0.05, 0.1) is 29.9 Å². The number of hydrogen-bond donors (Lipinski definition) is 1. The van der Waals surface area contributed by atoms with Gasteiger partial charge in [0, 0.05) is 0 Å². The third-order valence-corrected chi connectivity index (χ3v) is 4.83. The first-order valence-corrected chi connectivity index (χ1v) is 10.3. The van der Waals surface area contributed by atoms with Crippen molar-refractivity contribution >= 4 is 33.0 Å².